The minimum Gasteiger partial charge on any atom is -0.320 e. The number of rotatable bonds is 2. The third kappa shape index (κ3) is 2.41. The molecule has 0 fully saturated rings. The zero-order chi connectivity index (χ0) is 13.3. The monoisotopic (exact) mass is 247 g/mol. The van der Waals surface area contributed by atoms with Crippen LogP contribution in [0.2, 0.25) is 0 Å². The van der Waals surface area contributed by atoms with E-state index in [-0.39, 0.29) is 0 Å². The molecule has 0 radical (unpaired) electrons. The van der Waals surface area contributed by atoms with Gasteiger partial charge in [-0.3, -0.25) is 0 Å². The van der Waals surface area contributed by atoms with Crippen molar-refractivity contribution in [2.75, 3.05) is 0 Å². The molecule has 0 saturated carbocycles. The van der Waals surface area contributed by atoms with E-state index in [4.69, 9.17) is 5.73 Å². The van der Waals surface area contributed by atoms with Crippen molar-refractivity contribution < 1.29 is 8.78 Å². The largest absolute Gasteiger partial charge is 0.320 e. The van der Waals surface area contributed by atoms with E-state index in [9.17, 15) is 8.78 Å². The van der Waals surface area contributed by atoms with Gasteiger partial charge in [-0.15, -0.1) is 0 Å². The summed E-state index contributed by atoms with van der Waals surface area (Å²) in [5.41, 5.74) is 9.53. The van der Waals surface area contributed by atoms with Gasteiger partial charge in [0.25, 0.3) is 0 Å². The highest BCUT2D eigenvalue weighted by Gasteiger charge is 2.15. The summed E-state index contributed by atoms with van der Waals surface area (Å²) in [6.45, 7) is 3.88. The average molecular weight is 247 g/mol. The molecular formula is C15H15F2N. The van der Waals surface area contributed by atoms with E-state index >= 15 is 0 Å². The Hall–Kier alpha value is -1.74. The van der Waals surface area contributed by atoms with Crippen LogP contribution in [0.25, 0.3) is 0 Å². The van der Waals surface area contributed by atoms with E-state index in [1.807, 2.05) is 32.0 Å². The van der Waals surface area contributed by atoms with Gasteiger partial charge in [-0.1, -0.05) is 18.2 Å². The maximum absolute atomic E-state index is 13.2. The highest BCUT2D eigenvalue weighted by atomic mass is 19.1. The maximum Gasteiger partial charge on any atom is 0.126 e. The molecule has 2 rings (SSSR count). The summed E-state index contributed by atoms with van der Waals surface area (Å²) in [6, 6.07) is 8.71. The lowest BCUT2D eigenvalue weighted by Gasteiger charge is -2.18. The quantitative estimate of drug-likeness (QED) is 0.861. The predicted molar refractivity (Wildman–Crippen MR) is 68.3 cm³/mol. The molecule has 0 aliphatic rings. The molecule has 2 aromatic carbocycles. The first-order valence-corrected chi connectivity index (χ1v) is 5.76. The van der Waals surface area contributed by atoms with Crippen LogP contribution in [-0.2, 0) is 0 Å². The average Bonchev–Trinajstić information content (AvgIpc) is 2.27. The fourth-order valence-corrected chi connectivity index (χ4v) is 2.24. The van der Waals surface area contributed by atoms with Crippen molar-refractivity contribution in [3.63, 3.8) is 0 Å². The number of hydrogen-bond donors (Lipinski definition) is 1. The summed E-state index contributed by atoms with van der Waals surface area (Å²) >= 11 is 0. The van der Waals surface area contributed by atoms with Gasteiger partial charge in [-0.2, -0.15) is 0 Å². The molecule has 0 spiro atoms. The van der Waals surface area contributed by atoms with Crippen LogP contribution < -0.4 is 5.73 Å². The van der Waals surface area contributed by atoms with Crippen molar-refractivity contribution in [3.8, 4) is 0 Å². The number of benzene rings is 2. The topological polar surface area (TPSA) is 26.0 Å². The number of aryl methyl sites for hydroxylation is 2. The second-order valence-electron chi connectivity index (χ2n) is 4.49. The van der Waals surface area contributed by atoms with Crippen LogP contribution in [0.5, 0.6) is 0 Å². The van der Waals surface area contributed by atoms with Gasteiger partial charge in [0.05, 0.1) is 6.04 Å². The summed E-state index contributed by atoms with van der Waals surface area (Å²) in [7, 11) is 0. The van der Waals surface area contributed by atoms with Crippen LogP contribution in [0, 0.1) is 25.5 Å². The molecule has 2 N–H and O–H groups in total. The molecule has 2 aromatic rings. The van der Waals surface area contributed by atoms with Gasteiger partial charge >= 0.3 is 0 Å². The second-order valence-corrected chi connectivity index (χ2v) is 4.49. The van der Waals surface area contributed by atoms with Gasteiger partial charge in [-0.05, 0) is 48.2 Å². The molecule has 0 heterocycles. The van der Waals surface area contributed by atoms with E-state index in [1.54, 1.807) is 0 Å². The summed E-state index contributed by atoms with van der Waals surface area (Å²) in [6.07, 6.45) is 0. The Balaban J connectivity index is 2.51. The Labute approximate surface area is 105 Å². The summed E-state index contributed by atoms with van der Waals surface area (Å²) in [5, 5.41) is 0. The first-order valence-electron chi connectivity index (χ1n) is 5.76. The van der Waals surface area contributed by atoms with Crippen LogP contribution in [0.15, 0.2) is 36.4 Å². The van der Waals surface area contributed by atoms with Crippen molar-refractivity contribution in [1.29, 1.82) is 0 Å². The van der Waals surface area contributed by atoms with Gasteiger partial charge in [0.2, 0.25) is 0 Å². The zero-order valence-corrected chi connectivity index (χ0v) is 10.4. The molecule has 0 aromatic heterocycles. The molecule has 1 atom stereocenters. The normalized spacial score (nSPS) is 12.5. The molecule has 0 bridgehead atoms. The Kier molecular flexibility index (Phi) is 3.43. The number of nitrogens with two attached hydrogens (primary N) is 1. The first kappa shape index (κ1) is 12.7. The van der Waals surface area contributed by atoms with Crippen LogP contribution in [0.4, 0.5) is 8.78 Å². The summed E-state index contributed by atoms with van der Waals surface area (Å²) < 4.78 is 26.4. The molecule has 1 unspecified atom stereocenters. The first-order chi connectivity index (χ1) is 8.49. The molecule has 1 nitrogen and oxygen atoms in total. The van der Waals surface area contributed by atoms with E-state index in [0.29, 0.717) is 5.56 Å². The smallest absolute Gasteiger partial charge is 0.126 e. The standard InChI is InChI=1S/C15H15F2N/c1-9-4-3-5-10(2)14(9)15(18)11-6-12(16)8-13(17)7-11/h3-8,15H,18H2,1-2H3. The highest BCUT2D eigenvalue weighted by Crippen LogP contribution is 2.26. The SMILES string of the molecule is Cc1cccc(C)c1C(N)c1cc(F)cc(F)c1. The minimum absolute atomic E-state index is 0.449. The molecular weight excluding hydrogens is 232 g/mol. The van der Waals surface area contributed by atoms with Crippen LogP contribution >= 0.6 is 0 Å². The van der Waals surface area contributed by atoms with Gasteiger partial charge in [0.15, 0.2) is 0 Å². The Morgan fingerprint density at radius 3 is 1.94 bits per heavy atom. The Morgan fingerprint density at radius 2 is 1.44 bits per heavy atom. The van der Waals surface area contributed by atoms with Crippen molar-refractivity contribution in [3.05, 3.63) is 70.3 Å². The molecule has 18 heavy (non-hydrogen) atoms. The molecule has 0 aliphatic heterocycles. The van der Waals surface area contributed by atoms with E-state index in [0.717, 1.165) is 22.8 Å². The van der Waals surface area contributed by atoms with Gasteiger partial charge in [-0.25, -0.2) is 8.78 Å². The third-order valence-electron chi connectivity index (χ3n) is 3.10. The van der Waals surface area contributed by atoms with Crippen LogP contribution in [-0.4, -0.2) is 0 Å². The zero-order valence-electron chi connectivity index (χ0n) is 10.4. The fraction of sp³-hybridized carbons (Fsp3) is 0.200. The van der Waals surface area contributed by atoms with Gasteiger partial charge in [0, 0.05) is 6.07 Å². The van der Waals surface area contributed by atoms with Crippen molar-refractivity contribution in [1.82, 2.24) is 0 Å². The van der Waals surface area contributed by atoms with Crippen molar-refractivity contribution >= 4 is 0 Å². The summed E-state index contributed by atoms with van der Waals surface area (Å²) in [5.74, 6) is -1.21. The molecule has 0 saturated heterocycles. The lowest BCUT2D eigenvalue weighted by Crippen LogP contribution is -2.15. The second kappa shape index (κ2) is 4.86. The predicted octanol–water partition coefficient (Wildman–Crippen LogP) is 3.63. The molecule has 3 heteroatoms. The number of hydrogen-bond acceptors (Lipinski definition) is 1. The molecule has 0 aliphatic carbocycles. The minimum atomic E-state index is -0.605. The Bertz CT molecular complexity index is 538. The molecule has 0 amide bonds. The van der Waals surface area contributed by atoms with E-state index < -0.39 is 17.7 Å². The highest BCUT2D eigenvalue weighted by molar-refractivity contribution is 5.41. The van der Waals surface area contributed by atoms with Gasteiger partial charge < -0.3 is 5.73 Å². The van der Waals surface area contributed by atoms with Crippen molar-refractivity contribution in [2.45, 2.75) is 19.9 Å². The van der Waals surface area contributed by atoms with Gasteiger partial charge in [0.1, 0.15) is 11.6 Å². The van der Waals surface area contributed by atoms with E-state index in [2.05, 4.69) is 0 Å². The lowest BCUT2D eigenvalue weighted by atomic mass is 9.92. The van der Waals surface area contributed by atoms with Crippen LogP contribution in [0.3, 0.4) is 0 Å². The summed E-state index contributed by atoms with van der Waals surface area (Å²) in [4.78, 5) is 0. The number of halogens is 2. The Morgan fingerprint density at radius 1 is 0.944 bits per heavy atom. The third-order valence-corrected chi connectivity index (χ3v) is 3.10. The van der Waals surface area contributed by atoms with Crippen molar-refractivity contribution in [2.24, 2.45) is 5.73 Å². The lowest BCUT2D eigenvalue weighted by molar-refractivity contribution is 0.577. The maximum atomic E-state index is 13.2. The fourth-order valence-electron chi connectivity index (χ4n) is 2.24. The van der Waals surface area contributed by atoms with E-state index in [1.165, 1.54) is 12.1 Å². The van der Waals surface area contributed by atoms with Crippen LogP contribution in [0.1, 0.15) is 28.3 Å². The molecule has 94 valence electrons.